The van der Waals surface area contributed by atoms with Crippen molar-refractivity contribution in [3.8, 4) is 5.75 Å². The first-order valence-electron chi connectivity index (χ1n) is 7.04. The molecule has 1 atom stereocenters. The molecule has 3 rings (SSSR count). The Morgan fingerprint density at radius 2 is 2.45 bits per heavy atom. The molecule has 22 heavy (non-hydrogen) atoms. The van der Waals surface area contributed by atoms with Gasteiger partial charge in [0.25, 0.3) is 0 Å². The fraction of sp³-hybridized carbons (Fsp3) is 0.357. The lowest BCUT2D eigenvalue weighted by atomic mass is 10.1. The number of thioether (sulfide) groups is 1. The third-order valence-corrected chi connectivity index (χ3v) is 4.09. The van der Waals surface area contributed by atoms with E-state index in [1.54, 1.807) is 6.20 Å². The molecule has 0 saturated heterocycles. The van der Waals surface area contributed by atoms with Crippen LogP contribution in [0.4, 0.5) is 10.5 Å². The zero-order valence-electron chi connectivity index (χ0n) is 12.1. The normalized spacial score (nSPS) is 16.0. The van der Waals surface area contributed by atoms with Crippen LogP contribution >= 0.6 is 11.8 Å². The van der Waals surface area contributed by atoms with Crippen molar-refractivity contribution in [2.75, 3.05) is 17.6 Å². The number of fused-ring (bicyclic) bond motifs is 1. The molecule has 0 aliphatic carbocycles. The number of carbonyl (C=O) groups is 1. The highest BCUT2D eigenvalue weighted by Gasteiger charge is 2.19. The molecule has 0 unspecified atom stereocenters. The predicted molar refractivity (Wildman–Crippen MR) is 84.4 cm³/mol. The largest absolute Gasteiger partial charge is 0.490 e. The summed E-state index contributed by atoms with van der Waals surface area (Å²) in [6, 6.07) is 5.49. The smallest absolute Gasteiger partial charge is 0.319 e. The van der Waals surface area contributed by atoms with Crippen LogP contribution in [0.3, 0.4) is 0 Å². The Hall–Kier alpha value is -2.22. The second kappa shape index (κ2) is 6.69. The molecule has 3 N–H and O–H groups in total. The summed E-state index contributed by atoms with van der Waals surface area (Å²) in [5, 5.41) is 16.6. The SMILES string of the molecule is C[C@H]1Cc2cc(NC(=O)NCCSc3cn[nH]n3)ccc2O1. The number of nitrogens with zero attached hydrogens (tertiary/aromatic N) is 2. The van der Waals surface area contributed by atoms with Crippen molar-refractivity contribution in [2.24, 2.45) is 0 Å². The minimum absolute atomic E-state index is 0.202. The summed E-state index contributed by atoms with van der Waals surface area (Å²) in [5.74, 6) is 1.64. The molecule has 1 aliphatic heterocycles. The number of benzene rings is 1. The van der Waals surface area contributed by atoms with E-state index in [0.717, 1.165) is 34.2 Å². The van der Waals surface area contributed by atoms with E-state index in [4.69, 9.17) is 4.74 Å². The number of urea groups is 1. The number of aromatic nitrogens is 3. The van der Waals surface area contributed by atoms with E-state index in [1.165, 1.54) is 11.8 Å². The molecule has 0 bridgehead atoms. The van der Waals surface area contributed by atoms with Gasteiger partial charge in [0.15, 0.2) is 0 Å². The van der Waals surface area contributed by atoms with Gasteiger partial charge in [-0.05, 0) is 30.7 Å². The summed E-state index contributed by atoms with van der Waals surface area (Å²) in [6.07, 6.45) is 2.73. The first kappa shape index (κ1) is 14.7. The average molecular weight is 319 g/mol. The van der Waals surface area contributed by atoms with Crippen LogP contribution < -0.4 is 15.4 Å². The number of hydrogen-bond donors (Lipinski definition) is 3. The van der Waals surface area contributed by atoms with Crippen molar-refractivity contribution in [1.29, 1.82) is 0 Å². The third-order valence-electron chi connectivity index (χ3n) is 3.18. The molecule has 0 radical (unpaired) electrons. The van der Waals surface area contributed by atoms with Gasteiger partial charge in [0.05, 0.1) is 6.20 Å². The number of carbonyl (C=O) groups excluding carboxylic acids is 1. The van der Waals surface area contributed by atoms with Gasteiger partial charge in [0.2, 0.25) is 0 Å². The molecule has 7 nitrogen and oxygen atoms in total. The number of ether oxygens (including phenoxy) is 1. The predicted octanol–water partition coefficient (Wildman–Crippen LogP) is 2.04. The molecule has 1 aromatic heterocycles. The Balaban J connectivity index is 1.43. The van der Waals surface area contributed by atoms with Gasteiger partial charge >= 0.3 is 6.03 Å². The Labute approximate surface area is 132 Å². The van der Waals surface area contributed by atoms with Crippen LogP contribution in [-0.2, 0) is 6.42 Å². The second-order valence-corrected chi connectivity index (χ2v) is 6.11. The summed E-state index contributed by atoms with van der Waals surface area (Å²) >= 11 is 1.53. The van der Waals surface area contributed by atoms with Gasteiger partial charge in [-0.25, -0.2) is 4.79 Å². The molecular formula is C14H17N5O2S. The van der Waals surface area contributed by atoms with Crippen LogP contribution in [0.5, 0.6) is 5.75 Å². The molecular weight excluding hydrogens is 302 g/mol. The van der Waals surface area contributed by atoms with Crippen LogP contribution in [0.1, 0.15) is 12.5 Å². The highest BCUT2D eigenvalue weighted by atomic mass is 32.2. The number of aromatic amines is 1. The maximum atomic E-state index is 11.8. The van der Waals surface area contributed by atoms with Crippen molar-refractivity contribution in [1.82, 2.24) is 20.7 Å². The number of anilines is 1. The van der Waals surface area contributed by atoms with E-state index < -0.39 is 0 Å². The number of rotatable bonds is 5. The lowest BCUT2D eigenvalue weighted by Crippen LogP contribution is -2.30. The van der Waals surface area contributed by atoms with Gasteiger partial charge in [0, 0.05) is 24.4 Å². The fourth-order valence-corrected chi connectivity index (χ4v) is 2.90. The number of nitrogens with one attached hydrogen (secondary N) is 3. The molecule has 1 aliphatic rings. The summed E-state index contributed by atoms with van der Waals surface area (Å²) < 4.78 is 5.64. The van der Waals surface area contributed by atoms with E-state index in [0.29, 0.717) is 6.54 Å². The van der Waals surface area contributed by atoms with Gasteiger partial charge in [0.1, 0.15) is 16.9 Å². The summed E-state index contributed by atoms with van der Waals surface area (Å²) in [6.45, 7) is 2.58. The van der Waals surface area contributed by atoms with E-state index in [2.05, 4.69) is 26.0 Å². The molecule has 1 aromatic carbocycles. The minimum Gasteiger partial charge on any atom is -0.490 e. The highest BCUT2D eigenvalue weighted by Crippen LogP contribution is 2.30. The lowest BCUT2D eigenvalue weighted by Gasteiger charge is -2.08. The van der Waals surface area contributed by atoms with E-state index >= 15 is 0 Å². The number of hydrogen-bond acceptors (Lipinski definition) is 5. The highest BCUT2D eigenvalue weighted by molar-refractivity contribution is 7.99. The summed E-state index contributed by atoms with van der Waals surface area (Å²) in [4.78, 5) is 11.8. The van der Waals surface area contributed by atoms with E-state index in [1.807, 2.05) is 25.1 Å². The van der Waals surface area contributed by atoms with Gasteiger partial charge in [-0.3, -0.25) is 0 Å². The lowest BCUT2D eigenvalue weighted by molar-refractivity contribution is 0.252. The summed E-state index contributed by atoms with van der Waals surface area (Å²) in [7, 11) is 0. The first-order valence-corrected chi connectivity index (χ1v) is 8.02. The average Bonchev–Trinajstić information content (AvgIpc) is 3.11. The molecule has 2 amide bonds. The minimum atomic E-state index is -0.215. The van der Waals surface area contributed by atoms with Crippen LogP contribution in [-0.4, -0.2) is 39.8 Å². The van der Waals surface area contributed by atoms with Crippen LogP contribution in [0.2, 0.25) is 0 Å². The van der Waals surface area contributed by atoms with Gasteiger partial charge in [-0.15, -0.1) is 16.9 Å². The maximum absolute atomic E-state index is 11.8. The molecule has 116 valence electrons. The van der Waals surface area contributed by atoms with Crippen molar-refractivity contribution in [3.05, 3.63) is 30.0 Å². The first-order chi connectivity index (χ1) is 10.7. The molecule has 0 spiro atoms. The fourth-order valence-electron chi connectivity index (χ4n) is 2.26. The topological polar surface area (TPSA) is 91.9 Å². The zero-order valence-corrected chi connectivity index (χ0v) is 12.9. The van der Waals surface area contributed by atoms with E-state index in [9.17, 15) is 4.79 Å². The zero-order chi connectivity index (χ0) is 15.4. The Morgan fingerprint density at radius 1 is 1.55 bits per heavy atom. The maximum Gasteiger partial charge on any atom is 0.319 e. The number of H-pyrrole nitrogens is 1. The second-order valence-electron chi connectivity index (χ2n) is 4.99. The van der Waals surface area contributed by atoms with Crippen molar-refractivity contribution in [3.63, 3.8) is 0 Å². The van der Waals surface area contributed by atoms with Gasteiger partial charge in [-0.1, -0.05) is 0 Å². The molecule has 0 fully saturated rings. The monoisotopic (exact) mass is 319 g/mol. The van der Waals surface area contributed by atoms with Crippen molar-refractivity contribution >= 4 is 23.5 Å². The van der Waals surface area contributed by atoms with Gasteiger partial charge in [-0.2, -0.15) is 10.3 Å². The van der Waals surface area contributed by atoms with Crippen LogP contribution in [0, 0.1) is 0 Å². The standard InChI is InChI=1S/C14H17N5O2S/c1-9-6-10-7-11(2-3-12(10)21-9)17-14(20)15-4-5-22-13-8-16-19-18-13/h2-3,7-9H,4-6H2,1H3,(H2,15,17,20)(H,16,18,19)/t9-/m0/s1. The Kier molecular flexibility index (Phi) is 4.47. The van der Waals surface area contributed by atoms with Crippen LogP contribution in [0.15, 0.2) is 29.4 Å². The molecule has 2 aromatic rings. The van der Waals surface area contributed by atoms with Crippen molar-refractivity contribution < 1.29 is 9.53 Å². The quantitative estimate of drug-likeness (QED) is 0.579. The molecule has 0 saturated carbocycles. The van der Waals surface area contributed by atoms with Crippen LogP contribution in [0.25, 0.3) is 0 Å². The Morgan fingerprint density at radius 3 is 3.27 bits per heavy atom. The Bertz CT molecular complexity index is 647. The molecule has 2 heterocycles. The third kappa shape index (κ3) is 3.70. The van der Waals surface area contributed by atoms with Crippen molar-refractivity contribution in [2.45, 2.75) is 24.5 Å². The number of amides is 2. The van der Waals surface area contributed by atoms with E-state index in [-0.39, 0.29) is 12.1 Å². The molecule has 8 heteroatoms. The van der Waals surface area contributed by atoms with Gasteiger partial charge < -0.3 is 15.4 Å². The summed E-state index contributed by atoms with van der Waals surface area (Å²) in [5.41, 5.74) is 1.91.